The Balaban J connectivity index is 2.27. The zero-order chi connectivity index (χ0) is 15.4. The standard InChI is InChI=1S/C16H23BrO4/c1-4-19-14-8-11(12(17)9-15(14)20-5-2)16(18)13-7-6-10(3)21-13/h8-10,13,16,18H,4-7H2,1-3H3. The Morgan fingerprint density at radius 1 is 1.24 bits per heavy atom. The van der Waals surface area contributed by atoms with Crippen LogP contribution in [0.5, 0.6) is 11.5 Å². The van der Waals surface area contributed by atoms with E-state index in [1.807, 2.05) is 32.9 Å². The van der Waals surface area contributed by atoms with Gasteiger partial charge in [-0.3, -0.25) is 0 Å². The van der Waals surface area contributed by atoms with Crippen LogP contribution in [0, 0.1) is 0 Å². The lowest BCUT2D eigenvalue weighted by Gasteiger charge is -2.22. The summed E-state index contributed by atoms with van der Waals surface area (Å²) in [5.41, 5.74) is 0.779. The topological polar surface area (TPSA) is 47.9 Å². The summed E-state index contributed by atoms with van der Waals surface area (Å²) in [4.78, 5) is 0. The molecule has 0 amide bonds. The highest BCUT2D eigenvalue weighted by Crippen LogP contribution is 2.39. The number of hydrogen-bond acceptors (Lipinski definition) is 4. The minimum Gasteiger partial charge on any atom is -0.490 e. The summed E-state index contributed by atoms with van der Waals surface area (Å²) in [6.45, 7) is 7.01. The Labute approximate surface area is 134 Å². The minimum atomic E-state index is -0.667. The summed E-state index contributed by atoms with van der Waals surface area (Å²) in [5.74, 6) is 1.34. The fourth-order valence-corrected chi connectivity index (χ4v) is 3.14. The third kappa shape index (κ3) is 3.90. The number of aliphatic hydroxyl groups is 1. The number of rotatable bonds is 6. The Morgan fingerprint density at radius 3 is 2.38 bits per heavy atom. The van der Waals surface area contributed by atoms with Crippen LogP contribution in [0.1, 0.15) is 45.3 Å². The van der Waals surface area contributed by atoms with Crippen molar-refractivity contribution in [3.63, 3.8) is 0 Å². The van der Waals surface area contributed by atoms with E-state index in [1.54, 1.807) is 0 Å². The lowest BCUT2D eigenvalue weighted by atomic mass is 10.0. The van der Waals surface area contributed by atoms with Crippen molar-refractivity contribution >= 4 is 15.9 Å². The molecule has 1 aromatic carbocycles. The van der Waals surface area contributed by atoms with E-state index in [0.29, 0.717) is 24.7 Å². The molecular weight excluding hydrogens is 336 g/mol. The molecule has 0 bridgehead atoms. The molecule has 1 heterocycles. The summed E-state index contributed by atoms with van der Waals surface area (Å²) >= 11 is 3.51. The molecule has 4 nitrogen and oxygen atoms in total. The molecule has 0 spiro atoms. The lowest BCUT2D eigenvalue weighted by molar-refractivity contribution is -0.0301. The van der Waals surface area contributed by atoms with E-state index in [0.717, 1.165) is 22.9 Å². The number of hydrogen-bond donors (Lipinski definition) is 1. The van der Waals surface area contributed by atoms with Crippen molar-refractivity contribution in [2.45, 2.75) is 51.9 Å². The van der Waals surface area contributed by atoms with Gasteiger partial charge in [0.1, 0.15) is 6.10 Å². The van der Waals surface area contributed by atoms with E-state index in [-0.39, 0.29) is 12.2 Å². The average molecular weight is 359 g/mol. The predicted octanol–water partition coefficient (Wildman–Crippen LogP) is 3.85. The fraction of sp³-hybridized carbons (Fsp3) is 0.625. The first-order valence-corrected chi connectivity index (χ1v) is 8.28. The van der Waals surface area contributed by atoms with Gasteiger partial charge >= 0.3 is 0 Å². The van der Waals surface area contributed by atoms with Gasteiger partial charge in [0.25, 0.3) is 0 Å². The molecule has 1 aromatic rings. The molecule has 21 heavy (non-hydrogen) atoms. The minimum absolute atomic E-state index is 0.163. The average Bonchev–Trinajstić information content (AvgIpc) is 2.88. The molecule has 3 atom stereocenters. The van der Waals surface area contributed by atoms with Crippen molar-refractivity contribution in [3.05, 3.63) is 22.2 Å². The molecule has 5 heteroatoms. The third-order valence-electron chi connectivity index (χ3n) is 3.60. The van der Waals surface area contributed by atoms with E-state index in [9.17, 15) is 5.11 Å². The fourth-order valence-electron chi connectivity index (χ4n) is 2.58. The molecule has 0 radical (unpaired) electrons. The molecule has 1 N–H and O–H groups in total. The Bertz CT molecular complexity index is 478. The summed E-state index contributed by atoms with van der Waals surface area (Å²) in [6.07, 6.45) is 1.22. The first kappa shape index (κ1) is 16.6. The number of ether oxygens (including phenoxy) is 3. The quantitative estimate of drug-likeness (QED) is 0.838. The van der Waals surface area contributed by atoms with Crippen molar-refractivity contribution in [2.24, 2.45) is 0 Å². The maximum absolute atomic E-state index is 10.6. The van der Waals surface area contributed by atoms with Crippen LogP contribution in [0.2, 0.25) is 0 Å². The zero-order valence-corrected chi connectivity index (χ0v) is 14.4. The summed E-state index contributed by atoms with van der Waals surface area (Å²) in [6, 6.07) is 3.70. The molecule has 0 aliphatic carbocycles. The highest BCUT2D eigenvalue weighted by Gasteiger charge is 2.31. The molecule has 0 aromatic heterocycles. The maximum Gasteiger partial charge on any atom is 0.162 e. The Kier molecular flexibility index (Phi) is 5.90. The Hall–Kier alpha value is -0.780. The van der Waals surface area contributed by atoms with Gasteiger partial charge < -0.3 is 19.3 Å². The van der Waals surface area contributed by atoms with Crippen LogP contribution >= 0.6 is 15.9 Å². The van der Waals surface area contributed by atoms with Crippen molar-refractivity contribution in [1.82, 2.24) is 0 Å². The van der Waals surface area contributed by atoms with Gasteiger partial charge in [-0.1, -0.05) is 15.9 Å². The van der Waals surface area contributed by atoms with Gasteiger partial charge in [0.05, 0.1) is 25.4 Å². The maximum atomic E-state index is 10.6. The van der Waals surface area contributed by atoms with Crippen LogP contribution in [-0.4, -0.2) is 30.5 Å². The van der Waals surface area contributed by atoms with Crippen LogP contribution in [0.3, 0.4) is 0 Å². The highest BCUT2D eigenvalue weighted by molar-refractivity contribution is 9.10. The van der Waals surface area contributed by atoms with Crippen LogP contribution in [0.15, 0.2) is 16.6 Å². The molecule has 3 unspecified atom stereocenters. The van der Waals surface area contributed by atoms with Gasteiger partial charge in [0.2, 0.25) is 0 Å². The molecule has 0 saturated carbocycles. The van der Waals surface area contributed by atoms with Gasteiger partial charge in [-0.2, -0.15) is 0 Å². The van der Waals surface area contributed by atoms with E-state index in [1.165, 1.54) is 0 Å². The van der Waals surface area contributed by atoms with E-state index >= 15 is 0 Å². The monoisotopic (exact) mass is 358 g/mol. The Morgan fingerprint density at radius 2 is 1.86 bits per heavy atom. The van der Waals surface area contributed by atoms with E-state index in [4.69, 9.17) is 14.2 Å². The molecule has 1 aliphatic heterocycles. The summed E-state index contributed by atoms with van der Waals surface area (Å²) < 4.78 is 17.8. The lowest BCUT2D eigenvalue weighted by Crippen LogP contribution is -2.19. The van der Waals surface area contributed by atoms with Gasteiger partial charge in [0, 0.05) is 10.0 Å². The van der Waals surface area contributed by atoms with Crippen molar-refractivity contribution in [2.75, 3.05) is 13.2 Å². The van der Waals surface area contributed by atoms with Crippen molar-refractivity contribution in [1.29, 1.82) is 0 Å². The second kappa shape index (κ2) is 7.47. The number of aliphatic hydroxyl groups excluding tert-OH is 1. The SMILES string of the molecule is CCOc1cc(Br)c(C(O)C2CCC(C)O2)cc1OCC. The molecule has 1 fully saturated rings. The zero-order valence-electron chi connectivity index (χ0n) is 12.8. The molecule has 2 rings (SSSR count). The summed E-state index contributed by atoms with van der Waals surface area (Å²) in [7, 11) is 0. The van der Waals surface area contributed by atoms with Crippen LogP contribution in [-0.2, 0) is 4.74 Å². The van der Waals surface area contributed by atoms with Gasteiger partial charge in [-0.15, -0.1) is 0 Å². The number of benzene rings is 1. The van der Waals surface area contributed by atoms with Crippen molar-refractivity contribution in [3.8, 4) is 11.5 Å². The molecular formula is C16H23BrO4. The van der Waals surface area contributed by atoms with E-state index < -0.39 is 6.10 Å². The molecule has 1 aliphatic rings. The van der Waals surface area contributed by atoms with Crippen molar-refractivity contribution < 1.29 is 19.3 Å². The largest absolute Gasteiger partial charge is 0.490 e. The van der Waals surface area contributed by atoms with Gasteiger partial charge in [0.15, 0.2) is 11.5 Å². The second-order valence-corrected chi connectivity index (χ2v) is 6.05. The third-order valence-corrected chi connectivity index (χ3v) is 4.29. The molecule has 1 saturated heterocycles. The predicted molar refractivity (Wildman–Crippen MR) is 85.0 cm³/mol. The van der Waals surface area contributed by atoms with Crippen LogP contribution in [0.4, 0.5) is 0 Å². The van der Waals surface area contributed by atoms with Crippen LogP contribution in [0.25, 0.3) is 0 Å². The van der Waals surface area contributed by atoms with Gasteiger partial charge in [-0.25, -0.2) is 0 Å². The second-order valence-electron chi connectivity index (χ2n) is 5.19. The van der Waals surface area contributed by atoms with Gasteiger partial charge in [-0.05, 0) is 45.7 Å². The first-order chi connectivity index (χ1) is 10.1. The summed E-state index contributed by atoms with van der Waals surface area (Å²) in [5, 5.41) is 10.6. The smallest absolute Gasteiger partial charge is 0.162 e. The number of halogens is 1. The van der Waals surface area contributed by atoms with E-state index in [2.05, 4.69) is 15.9 Å². The highest BCUT2D eigenvalue weighted by atomic mass is 79.9. The first-order valence-electron chi connectivity index (χ1n) is 7.49. The normalized spacial score (nSPS) is 23.1. The van der Waals surface area contributed by atoms with Crippen LogP contribution < -0.4 is 9.47 Å². The molecule has 118 valence electrons.